The Morgan fingerprint density at radius 3 is 2.26 bits per heavy atom. The summed E-state index contributed by atoms with van der Waals surface area (Å²) in [5.41, 5.74) is 7.01. The number of rotatable bonds is 10. The maximum Gasteiger partial charge on any atom is 0.205 e. The minimum absolute atomic E-state index is 0.00418. The van der Waals surface area contributed by atoms with Crippen LogP contribution in [0, 0.1) is 19.3 Å². The molecule has 2 aromatic heterocycles. The number of hydrogen-bond donors (Lipinski definition) is 1. The first-order valence-corrected chi connectivity index (χ1v) is 11.8. The highest BCUT2D eigenvalue weighted by molar-refractivity contribution is 5.72. The van der Waals surface area contributed by atoms with E-state index >= 15 is 0 Å². The monoisotopic (exact) mass is 458 g/mol. The number of nitrogens with one attached hydrogen (secondary N) is 1. The molecule has 6 nitrogen and oxygen atoms in total. The van der Waals surface area contributed by atoms with Crippen LogP contribution >= 0.6 is 0 Å². The molecule has 0 amide bonds. The van der Waals surface area contributed by atoms with Gasteiger partial charge >= 0.3 is 0 Å². The molecular formula is C28H34N4O2. The van der Waals surface area contributed by atoms with Gasteiger partial charge in [-0.1, -0.05) is 59.7 Å². The van der Waals surface area contributed by atoms with Crippen molar-refractivity contribution in [1.29, 1.82) is 5.41 Å². The van der Waals surface area contributed by atoms with E-state index in [-0.39, 0.29) is 12.1 Å². The molecular weight excluding hydrogens is 424 g/mol. The number of aryl methyl sites for hydroxylation is 2. The summed E-state index contributed by atoms with van der Waals surface area (Å²) in [7, 11) is 1.67. The predicted molar refractivity (Wildman–Crippen MR) is 135 cm³/mol. The van der Waals surface area contributed by atoms with E-state index in [1.54, 1.807) is 13.3 Å². The van der Waals surface area contributed by atoms with Crippen molar-refractivity contribution in [3.05, 3.63) is 94.7 Å². The van der Waals surface area contributed by atoms with Crippen molar-refractivity contribution >= 4 is 11.2 Å². The van der Waals surface area contributed by atoms with Gasteiger partial charge in [-0.05, 0) is 50.5 Å². The number of methoxy groups -OCH3 is 1. The number of fused-ring (bicyclic) bond motifs is 1. The zero-order chi connectivity index (χ0) is 24.1. The number of hydrogen-bond acceptors (Lipinski definition) is 4. The molecule has 0 saturated heterocycles. The Kier molecular flexibility index (Phi) is 7.60. The molecule has 2 unspecified atom stereocenters. The van der Waals surface area contributed by atoms with Gasteiger partial charge in [0.1, 0.15) is 0 Å². The summed E-state index contributed by atoms with van der Waals surface area (Å²) in [5, 5.41) is 9.25. The summed E-state index contributed by atoms with van der Waals surface area (Å²) >= 11 is 0. The fraction of sp³-hybridized carbons (Fsp3) is 0.357. The van der Waals surface area contributed by atoms with Gasteiger partial charge in [-0.15, -0.1) is 0 Å². The van der Waals surface area contributed by atoms with Gasteiger partial charge in [-0.25, -0.2) is 4.98 Å². The van der Waals surface area contributed by atoms with Crippen molar-refractivity contribution in [3.8, 4) is 0 Å². The third-order valence-corrected chi connectivity index (χ3v) is 6.36. The number of ether oxygens (including phenoxy) is 2. The van der Waals surface area contributed by atoms with Crippen molar-refractivity contribution in [1.82, 2.24) is 14.1 Å². The van der Waals surface area contributed by atoms with Crippen LogP contribution in [0.4, 0.5) is 0 Å². The van der Waals surface area contributed by atoms with E-state index in [0.717, 1.165) is 17.6 Å². The lowest BCUT2D eigenvalue weighted by atomic mass is 10.0. The van der Waals surface area contributed by atoms with Gasteiger partial charge in [0.25, 0.3) is 0 Å². The van der Waals surface area contributed by atoms with Gasteiger partial charge in [0, 0.05) is 13.3 Å². The van der Waals surface area contributed by atoms with E-state index < -0.39 is 0 Å². The average molecular weight is 459 g/mol. The van der Waals surface area contributed by atoms with Crippen LogP contribution in [0.2, 0.25) is 0 Å². The molecule has 0 aliphatic heterocycles. The Morgan fingerprint density at radius 2 is 1.59 bits per heavy atom. The smallest absolute Gasteiger partial charge is 0.205 e. The molecule has 0 bridgehead atoms. The zero-order valence-electron chi connectivity index (χ0n) is 20.5. The third kappa shape index (κ3) is 5.13. The minimum Gasteiger partial charge on any atom is -0.382 e. The van der Waals surface area contributed by atoms with Crippen LogP contribution in [-0.4, -0.2) is 41.0 Å². The predicted octanol–water partition coefficient (Wildman–Crippen LogP) is 4.99. The van der Waals surface area contributed by atoms with Crippen LogP contribution in [0.3, 0.4) is 0 Å². The fourth-order valence-electron chi connectivity index (χ4n) is 4.41. The van der Waals surface area contributed by atoms with Crippen molar-refractivity contribution in [2.45, 2.75) is 39.3 Å². The summed E-state index contributed by atoms with van der Waals surface area (Å²) in [5.74, 6) is 0. The maximum absolute atomic E-state index is 9.25. The van der Waals surface area contributed by atoms with E-state index in [0.29, 0.717) is 25.4 Å². The molecule has 0 spiro atoms. The van der Waals surface area contributed by atoms with Crippen LogP contribution in [0.15, 0.2) is 66.9 Å². The van der Waals surface area contributed by atoms with E-state index in [1.807, 2.05) is 10.6 Å². The second-order valence-electron chi connectivity index (χ2n) is 8.91. The molecule has 178 valence electrons. The summed E-state index contributed by atoms with van der Waals surface area (Å²) < 4.78 is 15.3. The van der Waals surface area contributed by atoms with Gasteiger partial charge in [-0.2, -0.15) is 0 Å². The summed E-state index contributed by atoms with van der Waals surface area (Å²) in [6, 6.07) is 21.0. The number of aromatic nitrogens is 3. The number of nitrogens with zero attached hydrogens (tertiary/aromatic N) is 3. The van der Waals surface area contributed by atoms with E-state index in [9.17, 15) is 5.41 Å². The number of benzene rings is 2. The SMILES string of the molecule is COCCOCC(Cc1ccc(C)cc1)n1c(=N)n(C(C)c2ccc(C)cc2)c2cccnc21. The lowest BCUT2D eigenvalue weighted by Crippen LogP contribution is -2.33. The van der Waals surface area contributed by atoms with Gasteiger partial charge in [-0.3, -0.25) is 9.98 Å². The average Bonchev–Trinajstić information content (AvgIpc) is 3.14. The van der Waals surface area contributed by atoms with E-state index in [1.165, 1.54) is 22.3 Å². The summed E-state index contributed by atoms with van der Waals surface area (Å²) in [6.07, 6.45) is 2.55. The molecule has 4 aromatic rings. The molecule has 1 N–H and O–H groups in total. The van der Waals surface area contributed by atoms with Crippen molar-refractivity contribution in [2.24, 2.45) is 0 Å². The molecule has 2 aromatic carbocycles. The topological polar surface area (TPSA) is 65.1 Å². The highest BCUT2D eigenvalue weighted by Gasteiger charge is 2.23. The van der Waals surface area contributed by atoms with E-state index in [4.69, 9.17) is 14.5 Å². The Bertz CT molecular complexity index is 1270. The number of imidazole rings is 1. The molecule has 2 atom stereocenters. The van der Waals surface area contributed by atoms with Crippen LogP contribution in [-0.2, 0) is 15.9 Å². The minimum atomic E-state index is -0.0732. The van der Waals surface area contributed by atoms with Crippen LogP contribution in [0.1, 0.15) is 41.3 Å². The molecule has 0 aliphatic rings. The lowest BCUT2D eigenvalue weighted by molar-refractivity contribution is 0.0530. The van der Waals surface area contributed by atoms with Gasteiger partial charge in [0.15, 0.2) is 5.65 Å². The maximum atomic E-state index is 9.25. The first-order valence-electron chi connectivity index (χ1n) is 11.8. The molecule has 0 radical (unpaired) electrons. The van der Waals surface area contributed by atoms with Gasteiger partial charge in [0.05, 0.1) is 37.4 Å². The third-order valence-electron chi connectivity index (χ3n) is 6.36. The quantitative estimate of drug-likeness (QED) is 0.341. The molecule has 0 fully saturated rings. The fourth-order valence-corrected chi connectivity index (χ4v) is 4.41. The Hall–Kier alpha value is -3.22. The van der Waals surface area contributed by atoms with Crippen molar-refractivity contribution in [2.75, 3.05) is 26.9 Å². The Balaban J connectivity index is 1.78. The zero-order valence-corrected chi connectivity index (χ0v) is 20.5. The van der Waals surface area contributed by atoms with Crippen molar-refractivity contribution in [3.63, 3.8) is 0 Å². The Morgan fingerprint density at radius 1 is 0.912 bits per heavy atom. The van der Waals surface area contributed by atoms with Crippen LogP contribution in [0.5, 0.6) is 0 Å². The lowest BCUT2D eigenvalue weighted by Gasteiger charge is -2.20. The highest BCUT2D eigenvalue weighted by Crippen LogP contribution is 2.25. The molecule has 2 heterocycles. The molecule has 6 heteroatoms. The molecule has 4 rings (SSSR count). The highest BCUT2D eigenvalue weighted by atomic mass is 16.5. The van der Waals surface area contributed by atoms with Crippen molar-refractivity contribution < 1.29 is 9.47 Å². The van der Waals surface area contributed by atoms with E-state index in [2.05, 4.69) is 79.9 Å². The number of pyridine rings is 1. The van der Waals surface area contributed by atoms with Crippen LogP contribution < -0.4 is 5.62 Å². The first-order chi connectivity index (χ1) is 16.5. The summed E-state index contributed by atoms with van der Waals surface area (Å²) in [4.78, 5) is 4.72. The first kappa shape index (κ1) is 23.9. The second kappa shape index (κ2) is 10.8. The van der Waals surface area contributed by atoms with Gasteiger partial charge < -0.3 is 14.0 Å². The summed E-state index contributed by atoms with van der Waals surface area (Å²) in [6.45, 7) is 7.86. The Labute approximate surface area is 201 Å². The second-order valence-corrected chi connectivity index (χ2v) is 8.91. The van der Waals surface area contributed by atoms with Crippen LogP contribution in [0.25, 0.3) is 11.2 Å². The molecule has 34 heavy (non-hydrogen) atoms. The standard InChI is InChI=1S/C28H34N4O2/c1-20-7-11-23(12-8-20)18-25(19-34-17-16-33-4)32-27-26(6-5-15-30-27)31(28(32)29)22(3)24-13-9-21(2)10-14-24/h5-15,22,25,29H,16-19H2,1-4H3. The molecule has 0 saturated carbocycles. The normalized spacial score (nSPS) is 13.3. The molecule has 0 aliphatic carbocycles. The largest absolute Gasteiger partial charge is 0.382 e. The van der Waals surface area contributed by atoms with Gasteiger partial charge in [0.2, 0.25) is 5.62 Å².